The molecule has 4 heteroatoms. The molecule has 0 aromatic carbocycles. The van der Waals surface area contributed by atoms with Crippen LogP contribution in [0.1, 0.15) is 31.5 Å². The number of carbonyl (C=O) groups is 1. The number of nitrogens with zero attached hydrogens (tertiary/aromatic N) is 2. The van der Waals surface area contributed by atoms with Crippen LogP contribution in [0.4, 0.5) is 0 Å². The van der Waals surface area contributed by atoms with Crippen LogP contribution in [0.5, 0.6) is 0 Å². The molecule has 0 amide bonds. The second-order valence-electron chi connectivity index (χ2n) is 4.29. The fourth-order valence-corrected chi connectivity index (χ4v) is 1.74. The minimum Gasteiger partial charge on any atom is -0.481 e. The van der Waals surface area contributed by atoms with Crippen molar-refractivity contribution >= 4 is 5.97 Å². The molecule has 0 saturated carbocycles. The summed E-state index contributed by atoms with van der Waals surface area (Å²) in [6, 6.07) is 0. The summed E-state index contributed by atoms with van der Waals surface area (Å²) in [4.78, 5) is 10.7. The van der Waals surface area contributed by atoms with Gasteiger partial charge in [0, 0.05) is 18.7 Å². The van der Waals surface area contributed by atoms with Gasteiger partial charge >= 0.3 is 5.97 Å². The molecule has 78 valence electrons. The van der Waals surface area contributed by atoms with E-state index in [0.29, 0.717) is 0 Å². The van der Waals surface area contributed by atoms with Crippen molar-refractivity contribution in [3.05, 3.63) is 17.5 Å². The molecule has 1 N–H and O–H groups in total. The molecule has 1 aromatic heterocycles. The average molecular weight is 196 g/mol. The van der Waals surface area contributed by atoms with Gasteiger partial charge < -0.3 is 5.11 Å². The SMILES string of the molecule is Cc1cn(C)nc1C(C)(C)CC(=O)O. The summed E-state index contributed by atoms with van der Waals surface area (Å²) in [5, 5.41) is 13.1. The van der Waals surface area contributed by atoms with Crippen molar-refractivity contribution in [2.45, 2.75) is 32.6 Å². The molecule has 0 saturated heterocycles. The van der Waals surface area contributed by atoms with E-state index in [1.807, 2.05) is 34.0 Å². The van der Waals surface area contributed by atoms with Gasteiger partial charge in [0.05, 0.1) is 12.1 Å². The van der Waals surface area contributed by atoms with E-state index in [2.05, 4.69) is 5.10 Å². The molecule has 1 aromatic rings. The highest BCUT2D eigenvalue weighted by atomic mass is 16.4. The van der Waals surface area contributed by atoms with E-state index < -0.39 is 11.4 Å². The predicted octanol–water partition coefficient (Wildman–Crippen LogP) is 1.48. The third kappa shape index (κ3) is 2.13. The third-order valence-electron chi connectivity index (χ3n) is 2.25. The Labute approximate surface area is 83.5 Å². The van der Waals surface area contributed by atoms with Crippen molar-refractivity contribution in [2.75, 3.05) is 0 Å². The van der Waals surface area contributed by atoms with Gasteiger partial charge in [0.2, 0.25) is 0 Å². The predicted molar refractivity (Wildman–Crippen MR) is 53.2 cm³/mol. The first kappa shape index (κ1) is 10.8. The lowest BCUT2D eigenvalue weighted by molar-refractivity contribution is -0.138. The molecule has 14 heavy (non-hydrogen) atoms. The lowest BCUT2D eigenvalue weighted by atomic mass is 9.84. The first-order chi connectivity index (χ1) is 6.33. The minimum atomic E-state index is -0.792. The van der Waals surface area contributed by atoms with Crippen molar-refractivity contribution in [1.29, 1.82) is 0 Å². The fourth-order valence-electron chi connectivity index (χ4n) is 1.74. The molecule has 0 bridgehead atoms. The molecule has 0 aliphatic heterocycles. The molecule has 1 heterocycles. The normalized spacial score (nSPS) is 11.7. The monoisotopic (exact) mass is 196 g/mol. The van der Waals surface area contributed by atoms with E-state index in [9.17, 15) is 4.79 Å². The van der Waals surface area contributed by atoms with Crippen LogP contribution in [0.3, 0.4) is 0 Å². The summed E-state index contributed by atoms with van der Waals surface area (Å²) >= 11 is 0. The van der Waals surface area contributed by atoms with Crippen molar-refractivity contribution in [1.82, 2.24) is 9.78 Å². The standard InChI is InChI=1S/C10H16N2O2/c1-7-6-12(4)11-9(7)10(2,3)5-8(13)14/h6H,5H2,1-4H3,(H,13,14). The van der Waals surface area contributed by atoms with E-state index >= 15 is 0 Å². The van der Waals surface area contributed by atoms with Crippen LogP contribution in [0, 0.1) is 6.92 Å². The molecule has 0 unspecified atom stereocenters. The average Bonchev–Trinajstić information content (AvgIpc) is 2.27. The Morgan fingerprint density at radius 3 is 2.57 bits per heavy atom. The first-order valence-electron chi connectivity index (χ1n) is 4.55. The lowest BCUT2D eigenvalue weighted by Gasteiger charge is -2.20. The number of carboxylic acids is 1. The minimum absolute atomic E-state index is 0.102. The molecule has 4 nitrogen and oxygen atoms in total. The van der Waals surface area contributed by atoms with Crippen LogP contribution in [-0.2, 0) is 17.3 Å². The maximum absolute atomic E-state index is 10.7. The summed E-state index contributed by atoms with van der Waals surface area (Å²) in [6.45, 7) is 5.75. The molecule has 1 rings (SSSR count). The van der Waals surface area contributed by atoms with Crippen molar-refractivity contribution in [3.63, 3.8) is 0 Å². The number of hydrogen-bond acceptors (Lipinski definition) is 2. The molecule has 0 atom stereocenters. The van der Waals surface area contributed by atoms with Gasteiger partial charge in [0.1, 0.15) is 0 Å². The molecule has 0 spiro atoms. The number of aliphatic carboxylic acids is 1. The summed E-state index contributed by atoms with van der Waals surface area (Å²) in [6.07, 6.45) is 2.00. The zero-order valence-corrected chi connectivity index (χ0v) is 9.03. The topological polar surface area (TPSA) is 55.1 Å². The quantitative estimate of drug-likeness (QED) is 0.796. The molecule has 0 aliphatic rings. The van der Waals surface area contributed by atoms with Gasteiger partial charge in [0.25, 0.3) is 0 Å². The Balaban J connectivity index is 3.02. The van der Waals surface area contributed by atoms with Gasteiger partial charge in [-0.05, 0) is 12.5 Å². The number of rotatable bonds is 3. The molecule has 0 radical (unpaired) electrons. The largest absolute Gasteiger partial charge is 0.481 e. The van der Waals surface area contributed by atoms with Crippen LogP contribution < -0.4 is 0 Å². The summed E-state index contributed by atoms with van der Waals surface area (Å²) < 4.78 is 1.72. The maximum Gasteiger partial charge on any atom is 0.304 e. The van der Waals surface area contributed by atoms with Gasteiger partial charge in [0.15, 0.2) is 0 Å². The third-order valence-corrected chi connectivity index (χ3v) is 2.25. The van der Waals surface area contributed by atoms with Gasteiger partial charge in [-0.3, -0.25) is 9.48 Å². The van der Waals surface area contributed by atoms with E-state index in [1.165, 1.54) is 0 Å². The van der Waals surface area contributed by atoms with Crippen LogP contribution >= 0.6 is 0 Å². The van der Waals surface area contributed by atoms with Crippen molar-refractivity contribution < 1.29 is 9.90 Å². The Hall–Kier alpha value is -1.32. The summed E-state index contributed by atoms with van der Waals surface area (Å²) in [7, 11) is 1.84. The van der Waals surface area contributed by atoms with Crippen LogP contribution in [-0.4, -0.2) is 20.9 Å². The van der Waals surface area contributed by atoms with E-state index in [4.69, 9.17) is 5.11 Å². The zero-order chi connectivity index (χ0) is 10.9. The summed E-state index contributed by atoms with van der Waals surface area (Å²) in [5.41, 5.74) is 1.50. The molecular weight excluding hydrogens is 180 g/mol. The zero-order valence-electron chi connectivity index (χ0n) is 9.03. The second-order valence-corrected chi connectivity index (χ2v) is 4.29. The Morgan fingerprint density at radius 1 is 1.64 bits per heavy atom. The van der Waals surface area contributed by atoms with Gasteiger partial charge in [-0.1, -0.05) is 13.8 Å². The Kier molecular flexibility index (Phi) is 2.64. The molecule has 0 aliphatic carbocycles. The second kappa shape index (κ2) is 3.44. The van der Waals surface area contributed by atoms with Crippen LogP contribution in [0.15, 0.2) is 6.20 Å². The number of aromatic nitrogens is 2. The summed E-state index contributed by atoms with van der Waals surface area (Å²) in [5.74, 6) is -0.792. The highest BCUT2D eigenvalue weighted by Crippen LogP contribution is 2.27. The van der Waals surface area contributed by atoms with Gasteiger partial charge in [-0.25, -0.2) is 0 Å². The first-order valence-corrected chi connectivity index (χ1v) is 4.55. The van der Waals surface area contributed by atoms with Gasteiger partial charge in [-0.15, -0.1) is 0 Å². The van der Waals surface area contributed by atoms with Crippen LogP contribution in [0.25, 0.3) is 0 Å². The van der Waals surface area contributed by atoms with Crippen molar-refractivity contribution in [2.24, 2.45) is 7.05 Å². The van der Waals surface area contributed by atoms with E-state index in [-0.39, 0.29) is 6.42 Å². The van der Waals surface area contributed by atoms with Crippen LogP contribution in [0.2, 0.25) is 0 Å². The Morgan fingerprint density at radius 2 is 2.21 bits per heavy atom. The fraction of sp³-hybridized carbons (Fsp3) is 0.600. The maximum atomic E-state index is 10.7. The lowest BCUT2D eigenvalue weighted by Crippen LogP contribution is -2.23. The highest BCUT2D eigenvalue weighted by molar-refractivity contribution is 5.68. The molecule has 0 fully saturated rings. The van der Waals surface area contributed by atoms with Gasteiger partial charge in [-0.2, -0.15) is 5.10 Å². The smallest absolute Gasteiger partial charge is 0.304 e. The Bertz CT molecular complexity index is 353. The van der Waals surface area contributed by atoms with E-state index in [1.54, 1.807) is 4.68 Å². The van der Waals surface area contributed by atoms with Crippen molar-refractivity contribution in [3.8, 4) is 0 Å². The number of carboxylic acid groups (broad SMARTS) is 1. The highest BCUT2D eigenvalue weighted by Gasteiger charge is 2.28. The number of aryl methyl sites for hydroxylation is 2. The molecular formula is C10H16N2O2. The van der Waals surface area contributed by atoms with E-state index in [0.717, 1.165) is 11.3 Å². The number of hydrogen-bond donors (Lipinski definition) is 1.